The minimum atomic E-state index is -0.212. The van der Waals surface area contributed by atoms with Gasteiger partial charge in [-0.3, -0.25) is 5.01 Å². The van der Waals surface area contributed by atoms with E-state index in [1.807, 2.05) is 11.1 Å². The summed E-state index contributed by atoms with van der Waals surface area (Å²) in [5.74, 6) is 0.440. The Morgan fingerprint density at radius 2 is 2.40 bits per heavy atom. The molecule has 1 unspecified atom stereocenters. The van der Waals surface area contributed by atoms with E-state index in [1.165, 1.54) is 12.1 Å². The SMILES string of the molecule is CC1CC(N)=NN1Cc1cccc(F)c1. The van der Waals surface area contributed by atoms with Crippen molar-refractivity contribution in [2.24, 2.45) is 10.8 Å². The number of halogens is 1. The van der Waals surface area contributed by atoms with Crippen molar-refractivity contribution in [2.45, 2.75) is 25.9 Å². The first-order valence-electron chi connectivity index (χ1n) is 4.99. The molecule has 0 amide bonds. The van der Waals surface area contributed by atoms with Crippen LogP contribution in [0.5, 0.6) is 0 Å². The molecular weight excluding hydrogens is 193 g/mol. The summed E-state index contributed by atoms with van der Waals surface area (Å²) >= 11 is 0. The Balaban J connectivity index is 2.09. The summed E-state index contributed by atoms with van der Waals surface area (Å²) < 4.78 is 12.9. The molecule has 1 aromatic carbocycles. The summed E-state index contributed by atoms with van der Waals surface area (Å²) in [6.45, 7) is 2.67. The fourth-order valence-electron chi connectivity index (χ4n) is 1.73. The molecule has 4 heteroatoms. The molecule has 0 aromatic heterocycles. The molecule has 1 aliphatic heterocycles. The Morgan fingerprint density at radius 1 is 1.60 bits per heavy atom. The molecule has 1 heterocycles. The number of rotatable bonds is 2. The van der Waals surface area contributed by atoms with Gasteiger partial charge in [0.25, 0.3) is 0 Å². The first-order valence-corrected chi connectivity index (χ1v) is 4.99. The molecule has 0 aliphatic carbocycles. The minimum absolute atomic E-state index is 0.212. The van der Waals surface area contributed by atoms with Crippen LogP contribution in [0.25, 0.3) is 0 Å². The first kappa shape index (κ1) is 9.96. The number of nitrogens with zero attached hydrogens (tertiary/aromatic N) is 2. The molecule has 15 heavy (non-hydrogen) atoms. The van der Waals surface area contributed by atoms with Gasteiger partial charge in [-0.15, -0.1) is 0 Å². The van der Waals surface area contributed by atoms with Gasteiger partial charge in [-0.1, -0.05) is 12.1 Å². The van der Waals surface area contributed by atoms with Gasteiger partial charge in [-0.25, -0.2) is 4.39 Å². The second-order valence-electron chi connectivity index (χ2n) is 3.87. The summed E-state index contributed by atoms with van der Waals surface area (Å²) in [6.07, 6.45) is 0.787. The van der Waals surface area contributed by atoms with Crippen molar-refractivity contribution < 1.29 is 4.39 Å². The molecule has 80 valence electrons. The normalized spacial score (nSPS) is 20.5. The third kappa shape index (κ3) is 2.26. The zero-order valence-electron chi connectivity index (χ0n) is 8.65. The first-order chi connectivity index (χ1) is 7.15. The van der Waals surface area contributed by atoms with Crippen LogP contribution in [0, 0.1) is 5.82 Å². The number of amidine groups is 1. The maximum Gasteiger partial charge on any atom is 0.123 e. The molecule has 0 bridgehead atoms. The smallest absolute Gasteiger partial charge is 0.123 e. The number of hydrogen-bond acceptors (Lipinski definition) is 3. The molecule has 0 spiro atoms. The lowest BCUT2D eigenvalue weighted by molar-refractivity contribution is 0.236. The van der Waals surface area contributed by atoms with Gasteiger partial charge in [0.2, 0.25) is 0 Å². The Morgan fingerprint density at radius 3 is 3.00 bits per heavy atom. The van der Waals surface area contributed by atoms with Gasteiger partial charge >= 0.3 is 0 Å². The maximum atomic E-state index is 12.9. The average Bonchev–Trinajstić information content (AvgIpc) is 2.45. The zero-order chi connectivity index (χ0) is 10.8. The van der Waals surface area contributed by atoms with Gasteiger partial charge in [-0.05, 0) is 24.6 Å². The van der Waals surface area contributed by atoms with E-state index in [-0.39, 0.29) is 5.82 Å². The fourth-order valence-corrected chi connectivity index (χ4v) is 1.73. The Hall–Kier alpha value is -1.58. The predicted octanol–water partition coefficient (Wildman–Crippen LogP) is 1.69. The van der Waals surface area contributed by atoms with Crippen LogP contribution in [-0.2, 0) is 6.54 Å². The Kier molecular flexibility index (Phi) is 2.58. The highest BCUT2D eigenvalue weighted by Crippen LogP contribution is 2.16. The molecule has 0 saturated heterocycles. The highest BCUT2D eigenvalue weighted by atomic mass is 19.1. The van der Waals surface area contributed by atoms with Gasteiger partial charge in [0.15, 0.2) is 0 Å². The quantitative estimate of drug-likeness (QED) is 0.801. The van der Waals surface area contributed by atoms with Crippen molar-refractivity contribution in [3.63, 3.8) is 0 Å². The summed E-state index contributed by atoms with van der Waals surface area (Å²) in [4.78, 5) is 0. The molecule has 0 radical (unpaired) electrons. The lowest BCUT2D eigenvalue weighted by Crippen LogP contribution is -2.23. The lowest BCUT2D eigenvalue weighted by Gasteiger charge is -2.19. The van der Waals surface area contributed by atoms with Crippen LogP contribution in [0.4, 0.5) is 4.39 Å². The van der Waals surface area contributed by atoms with E-state index in [0.29, 0.717) is 18.4 Å². The van der Waals surface area contributed by atoms with E-state index >= 15 is 0 Å². The molecule has 1 aromatic rings. The van der Waals surface area contributed by atoms with E-state index in [9.17, 15) is 4.39 Å². The average molecular weight is 207 g/mol. The standard InChI is InChI=1S/C11H14FN3/c1-8-5-11(13)14-15(8)7-9-3-2-4-10(12)6-9/h2-4,6,8H,5,7H2,1H3,(H2,13,14). The summed E-state index contributed by atoms with van der Waals surface area (Å²) in [6, 6.07) is 6.86. The van der Waals surface area contributed by atoms with Crippen molar-refractivity contribution >= 4 is 5.84 Å². The Bertz CT molecular complexity index is 389. The highest BCUT2D eigenvalue weighted by Gasteiger charge is 2.20. The van der Waals surface area contributed by atoms with Crippen LogP contribution < -0.4 is 5.73 Å². The molecule has 1 atom stereocenters. The second-order valence-corrected chi connectivity index (χ2v) is 3.87. The van der Waals surface area contributed by atoms with E-state index < -0.39 is 0 Å². The topological polar surface area (TPSA) is 41.6 Å². The molecule has 1 aliphatic rings. The number of hydrazone groups is 1. The third-order valence-electron chi connectivity index (χ3n) is 2.50. The second kappa shape index (κ2) is 3.88. The third-order valence-corrected chi connectivity index (χ3v) is 2.50. The molecule has 3 nitrogen and oxygen atoms in total. The largest absolute Gasteiger partial charge is 0.386 e. The van der Waals surface area contributed by atoms with Crippen LogP contribution >= 0.6 is 0 Å². The van der Waals surface area contributed by atoms with Crippen molar-refractivity contribution in [1.82, 2.24) is 5.01 Å². The van der Waals surface area contributed by atoms with Gasteiger partial charge < -0.3 is 5.73 Å². The predicted molar refractivity (Wildman–Crippen MR) is 57.6 cm³/mol. The van der Waals surface area contributed by atoms with Crippen LogP contribution in [0.3, 0.4) is 0 Å². The van der Waals surface area contributed by atoms with Gasteiger partial charge in [0.1, 0.15) is 11.7 Å². The van der Waals surface area contributed by atoms with Gasteiger partial charge in [0.05, 0.1) is 12.6 Å². The van der Waals surface area contributed by atoms with E-state index in [1.54, 1.807) is 6.07 Å². The number of benzene rings is 1. The summed E-state index contributed by atoms with van der Waals surface area (Å²) in [5, 5.41) is 6.09. The fraction of sp³-hybridized carbons (Fsp3) is 0.364. The van der Waals surface area contributed by atoms with Gasteiger partial charge in [0, 0.05) is 6.42 Å². The molecule has 0 saturated carbocycles. The zero-order valence-corrected chi connectivity index (χ0v) is 8.65. The maximum absolute atomic E-state index is 12.9. The molecule has 0 fully saturated rings. The van der Waals surface area contributed by atoms with Crippen LogP contribution in [0.1, 0.15) is 18.9 Å². The van der Waals surface area contributed by atoms with E-state index in [0.717, 1.165) is 12.0 Å². The highest BCUT2D eigenvalue weighted by molar-refractivity contribution is 5.81. The number of nitrogens with two attached hydrogens (primary N) is 1. The van der Waals surface area contributed by atoms with Crippen molar-refractivity contribution in [1.29, 1.82) is 0 Å². The molecule has 2 rings (SSSR count). The summed E-state index contributed by atoms with van der Waals surface area (Å²) in [5.41, 5.74) is 6.55. The van der Waals surface area contributed by atoms with Crippen molar-refractivity contribution in [3.05, 3.63) is 35.6 Å². The van der Waals surface area contributed by atoms with Crippen molar-refractivity contribution in [3.8, 4) is 0 Å². The minimum Gasteiger partial charge on any atom is -0.386 e. The van der Waals surface area contributed by atoms with E-state index in [4.69, 9.17) is 5.73 Å². The number of hydrogen-bond donors (Lipinski definition) is 1. The van der Waals surface area contributed by atoms with Crippen LogP contribution in [0.2, 0.25) is 0 Å². The molecular formula is C11H14FN3. The van der Waals surface area contributed by atoms with E-state index in [2.05, 4.69) is 12.0 Å². The van der Waals surface area contributed by atoms with Crippen LogP contribution in [0.15, 0.2) is 29.4 Å². The van der Waals surface area contributed by atoms with Gasteiger partial charge in [-0.2, -0.15) is 5.10 Å². The lowest BCUT2D eigenvalue weighted by atomic mass is 10.2. The summed E-state index contributed by atoms with van der Waals surface area (Å²) in [7, 11) is 0. The molecule has 2 N–H and O–H groups in total. The van der Waals surface area contributed by atoms with Crippen molar-refractivity contribution in [2.75, 3.05) is 0 Å². The van der Waals surface area contributed by atoms with Crippen LogP contribution in [-0.4, -0.2) is 16.9 Å². The monoisotopic (exact) mass is 207 g/mol. The Labute approximate surface area is 88.4 Å².